The highest BCUT2D eigenvalue weighted by Gasteiger charge is 2.18. The Labute approximate surface area is 122 Å². The minimum atomic E-state index is 0.186. The van der Waals surface area contributed by atoms with Crippen LogP contribution in [0.2, 0.25) is 0 Å². The summed E-state index contributed by atoms with van der Waals surface area (Å²) in [5.74, 6) is 1.93. The van der Waals surface area contributed by atoms with Gasteiger partial charge < -0.3 is 14.6 Å². The Morgan fingerprint density at radius 1 is 1.30 bits per heavy atom. The maximum absolute atomic E-state index is 12.3. The Bertz CT molecular complexity index is 410. The van der Waals surface area contributed by atoms with Crippen molar-refractivity contribution >= 4 is 5.91 Å². The summed E-state index contributed by atoms with van der Waals surface area (Å²) in [6, 6.07) is 4.53. The van der Waals surface area contributed by atoms with Crippen LogP contribution >= 0.6 is 0 Å². The smallest absolute Gasteiger partial charge is 0.223 e. The quantitative estimate of drug-likeness (QED) is 0.744. The van der Waals surface area contributed by atoms with Crippen LogP contribution in [0.25, 0.3) is 0 Å². The Hall–Kier alpha value is -1.29. The minimum absolute atomic E-state index is 0.186. The van der Waals surface area contributed by atoms with E-state index >= 15 is 0 Å². The van der Waals surface area contributed by atoms with Gasteiger partial charge in [-0.1, -0.05) is 13.8 Å². The molecule has 0 aliphatic rings. The highest BCUT2D eigenvalue weighted by Crippen LogP contribution is 2.13. The topological polar surface area (TPSA) is 45.5 Å². The third-order valence-corrected chi connectivity index (χ3v) is 3.19. The molecule has 0 atom stereocenters. The van der Waals surface area contributed by atoms with Crippen molar-refractivity contribution in [2.24, 2.45) is 0 Å². The zero-order valence-corrected chi connectivity index (χ0v) is 13.4. The van der Waals surface area contributed by atoms with Gasteiger partial charge in [-0.25, -0.2) is 0 Å². The SMILES string of the molecule is Cc1ccc(CN(C(=O)CCCNC(C)C)C(C)C)o1. The predicted octanol–water partition coefficient (Wildman–Crippen LogP) is 3.10. The second-order valence-corrected chi connectivity index (χ2v) is 5.84. The largest absolute Gasteiger partial charge is 0.464 e. The van der Waals surface area contributed by atoms with Gasteiger partial charge in [0.15, 0.2) is 0 Å². The second kappa shape index (κ2) is 8.10. The lowest BCUT2D eigenvalue weighted by Crippen LogP contribution is -2.36. The number of carbonyl (C=O) groups excluding carboxylic acids is 1. The summed E-state index contributed by atoms with van der Waals surface area (Å²) in [4.78, 5) is 14.2. The number of furan rings is 1. The molecule has 114 valence electrons. The normalized spacial score (nSPS) is 11.3. The molecule has 0 radical (unpaired) electrons. The molecule has 0 saturated heterocycles. The molecular weight excluding hydrogens is 252 g/mol. The highest BCUT2D eigenvalue weighted by atomic mass is 16.3. The average Bonchev–Trinajstić information content (AvgIpc) is 2.76. The maximum atomic E-state index is 12.3. The molecule has 1 aromatic rings. The fourth-order valence-corrected chi connectivity index (χ4v) is 2.07. The van der Waals surface area contributed by atoms with Crippen molar-refractivity contribution in [3.8, 4) is 0 Å². The zero-order valence-electron chi connectivity index (χ0n) is 13.4. The lowest BCUT2D eigenvalue weighted by atomic mass is 10.2. The van der Waals surface area contributed by atoms with E-state index in [2.05, 4.69) is 19.2 Å². The van der Waals surface area contributed by atoms with Gasteiger partial charge in [0, 0.05) is 18.5 Å². The van der Waals surface area contributed by atoms with Crippen LogP contribution in [-0.2, 0) is 11.3 Å². The molecule has 0 aliphatic carbocycles. The maximum Gasteiger partial charge on any atom is 0.223 e. The summed E-state index contributed by atoms with van der Waals surface area (Å²) in [5.41, 5.74) is 0. The number of nitrogens with one attached hydrogen (secondary N) is 1. The van der Waals surface area contributed by atoms with Gasteiger partial charge in [-0.15, -0.1) is 0 Å². The van der Waals surface area contributed by atoms with Gasteiger partial charge in [-0.05, 0) is 45.9 Å². The van der Waals surface area contributed by atoms with Gasteiger partial charge in [0.1, 0.15) is 11.5 Å². The molecule has 0 bridgehead atoms. The Morgan fingerprint density at radius 3 is 2.50 bits per heavy atom. The molecule has 4 heteroatoms. The van der Waals surface area contributed by atoms with Gasteiger partial charge in [-0.2, -0.15) is 0 Å². The predicted molar refractivity (Wildman–Crippen MR) is 81.5 cm³/mol. The number of hydrogen-bond acceptors (Lipinski definition) is 3. The number of hydrogen-bond donors (Lipinski definition) is 1. The second-order valence-electron chi connectivity index (χ2n) is 5.84. The minimum Gasteiger partial charge on any atom is -0.464 e. The molecule has 0 spiro atoms. The fraction of sp³-hybridized carbons (Fsp3) is 0.688. The van der Waals surface area contributed by atoms with Gasteiger partial charge >= 0.3 is 0 Å². The van der Waals surface area contributed by atoms with E-state index in [1.165, 1.54) is 0 Å². The molecule has 20 heavy (non-hydrogen) atoms. The van der Waals surface area contributed by atoms with Crippen LogP contribution in [0, 0.1) is 6.92 Å². The van der Waals surface area contributed by atoms with Crippen molar-refractivity contribution in [2.45, 2.75) is 66.1 Å². The molecule has 0 saturated carbocycles. The first-order valence-electron chi connectivity index (χ1n) is 7.48. The van der Waals surface area contributed by atoms with E-state index in [1.807, 2.05) is 37.8 Å². The van der Waals surface area contributed by atoms with Crippen LogP contribution in [0.5, 0.6) is 0 Å². The highest BCUT2D eigenvalue weighted by molar-refractivity contribution is 5.76. The van der Waals surface area contributed by atoms with Crippen molar-refractivity contribution in [1.82, 2.24) is 10.2 Å². The first kappa shape index (κ1) is 16.8. The lowest BCUT2D eigenvalue weighted by Gasteiger charge is -2.26. The number of aryl methyl sites for hydroxylation is 1. The van der Waals surface area contributed by atoms with Crippen molar-refractivity contribution in [3.63, 3.8) is 0 Å². The van der Waals surface area contributed by atoms with E-state index < -0.39 is 0 Å². The number of carbonyl (C=O) groups is 1. The Morgan fingerprint density at radius 2 is 2.00 bits per heavy atom. The fourth-order valence-electron chi connectivity index (χ4n) is 2.07. The van der Waals surface area contributed by atoms with E-state index in [-0.39, 0.29) is 11.9 Å². The summed E-state index contributed by atoms with van der Waals surface area (Å²) in [5, 5.41) is 3.33. The van der Waals surface area contributed by atoms with Crippen LogP contribution in [0.1, 0.15) is 52.1 Å². The standard InChI is InChI=1S/C16H28N2O2/c1-12(2)17-10-6-7-16(19)18(13(3)4)11-15-9-8-14(5)20-15/h8-9,12-13,17H,6-7,10-11H2,1-5H3. The van der Waals surface area contributed by atoms with E-state index in [0.717, 1.165) is 24.5 Å². The average molecular weight is 280 g/mol. The molecule has 0 aliphatic heterocycles. The first-order chi connectivity index (χ1) is 9.40. The van der Waals surface area contributed by atoms with E-state index in [1.54, 1.807) is 0 Å². The van der Waals surface area contributed by atoms with Crippen molar-refractivity contribution in [2.75, 3.05) is 6.54 Å². The lowest BCUT2D eigenvalue weighted by molar-refractivity contribution is -0.133. The number of amides is 1. The van der Waals surface area contributed by atoms with E-state index in [0.29, 0.717) is 19.0 Å². The molecule has 1 amide bonds. The summed E-state index contributed by atoms with van der Waals surface area (Å²) in [7, 11) is 0. The number of nitrogens with zero attached hydrogens (tertiary/aromatic N) is 1. The molecule has 0 fully saturated rings. The molecule has 1 rings (SSSR count). The monoisotopic (exact) mass is 280 g/mol. The van der Waals surface area contributed by atoms with Crippen LogP contribution < -0.4 is 5.32 Å². The zero-order chi connectivity index (χ0) is 15.1. The molecule has 4 nitrogen and oxygen atoms in total. The Kier molecular flexibility index (Phi) is 6.79. The van der Waals surface area contributed by atoms with Crippen molar-refractivity contribution in [1.29, 1.82) is 0 Å². The van der Waals surface area contributed by atoms with E-state index in [9.17, 15) is 4.79 Å². The molecule has 0 unspecified atom stereocenters. The van der Waals surface area contributed by atoms with Crippen LogP contribution in [0.15, 0.2) is 16.5 Å². The van der Waals surface area contributed by atoms with Crippen LogP contribution in [0.3, 0.4) is 0 Å². The third-order valence-electron chi connectivity index (χ3n) is 3.19. The van der Waals surface area contributed by atoms with Gasteiger partial charge in [0.05, 0.1) is 6.54 Å². The van der Waals surface area contributed by atoms with Gasteiger partial charge in [-0.3, -0.25) is 4.79 Å². The van der Waals surface area contributed by atoms with Gasteiger partial charge in [0.25, 0.3) is 0 Å². The summed E-state index contributed by atoms with van der Waals surface area (Å²) in [6.45, 7) is 11.7. The molecule has 1 aromatic heterocycles. The molecular formula is C16H28N2O2. The van der Waals surface area contributed by atoms with Crippen molar-refractivity contribution < 1.29 is 9.21 Å². The molecule has 0 aromatic carbocycles. The third kappa shape index (κ3) is 5.78. The number of rotatable bonds is 8. The van der Waals surface area contributed by atoms with E-state index in [4.69, 9.17) is 4.42 Å². The van der Waals surface area contributed by atoms with Crippen LogP contribution in [0.4, 0.5) is 0 Å². The molecule has 1 N–H and O–H groups in total. The van der Waals surface area contributed by atoms with Gasteiger partial charge in [0.2, 0.25) is 5.91 Å². The summed E-state index contributed by atoms with van der Waals surface area (Å²) in [6.07, 6.45) is 1.45. The summed E-state index contributed by atoms with van der Waals surface area (Å²) < 4.78 is 5.57. The first-order valence-corrected chi connectivity index (χ1v) is 7.48. The Balaban J connectivity index is 2.46. The molecule has 1 heterocycles. The van der Waals surface area contributed by atoms with Crippen LogP contribution in [-0.4, -0.2) is 29.4 Å². The van der Waals surface area contributed by atoms with Crippen molar-refractivity contribution in [3.05, 3.63) is 23.7 Å². The summed E-state index contributed by atoms with van der Waals surface area (Å²) >= 11 is 0.